The molecule has 144 valence electrons. The monoisotopic (exact) mass is 376 g/mol. The van der Waals surface area contributed by atoms with Crippen molar-refractivity contribution in [1.29, 1.82) is 0 Å². The lowest BCUT2D eigenvalue weighted by Crippen LogP contribution is -2.45. The highest BCUT2D eigenvalue weighted by Crippen LogP contribution is 2.32. The molecule has 2 atom stereocenters. The van der Waals surface area contributed by atoms with Crippen molar-refractivity contribution in [3.8, 4) is 11.1 Å². The largest absolute Gasteiger partial charge is 0.416 e. The van der Waals surface area contributed by atoms with Crippen molar-refractivity contribution in [2.45, 2.75) is 32.0 Å². The normalized spacial score (nSPS) is 19.0. The second-order valence-electron chi connectivity index (χ2n) is 7.13. The summed E-state index contributed by atoms with van der Waals surface area (Å²) in [6.45, 7) is 3.23. The molecule has 0 spiro atoms. The van der Waals surface area contributed by atoms with Gasteiger partial charge in [-0.05, 0) is 55.0 Å². The van der Waals surface area contributed by atoms with Gasteiger partial charge in [0.1, 0.15) is 0 Å². The van der Waals surface area contributed by atoms with Crippen molar-refractivity contribution >= 4 is 5.91 Å². The fourth-order valence-corrected chi connectivity index (χ4v) is 3.55. The fraction of sp³-hybridized carbons (Fsp3) is 0.381. The number of amides is 1. The fourth-order valence-electron chi connectivity index (χ4n) is 3.55. The van der Waals surface area contributed by atoms with Gasteiger partial charge in [0.05, 0.1) is 5.56 Å². The van der Waals surface area contributed by atoms with Crippen LogP contribution in [0.25, 0.3) is 11.1 Å². The highest BCUT2D eigenvalue weighted by atomic mass is 19.4. The third-order valence-electron chi connectivity index (χ3n) is 5.17. The van der Waals surface area contributed by atoms with Crippen molar-refractivity contribution in [1.82, 2.24) is 4.90 Å². The van der Waals surface area contributed by atoms with Crippen LogP contribution < -0.4 is 5.73 Å². The highest BCUT2D eigenvalue weighted by Gasteiger charge is 2.30. The van der Waals surface area contributed by atoms with Crippen LogP contribution in [0.1, 0.15) is 35.7 Å². The van der Waals surface area contributed by atoms with Gasteiger partial charge in [-0.3, -0.25) is 4.79 Å². The smallest absolute Gasteiger partial charge is 0.338 e. The third kappa shape index (κ3) is 4.33. The van der Waals surface area contributed by atoms with Crippen molar-refractivity contribution < 1.29 is 18.0 Å². The third-order valence-corrected chi connectivity index (χ3v) is 5.17. The van der Waals surface area contributed by atoms with E-state index in [0.717, 1.165) is 25.0 Å². The van der Waals surface area contributed by atoms with Crippen molar-refractivity contribution in [3.05, 3.63) is 59.7 Å². The van der Waals surface area contributed by atoms with E-state index in [4.69, 9.17) is 5.73 Å². The Morgan fingerprint density at radius 3 is 2.44 bits per heavy atom. The molecule has 0 aliphatic carbocycles. The summed E-state index contributed by atoms with van der Waals surface area (Å²) in [5.41, 5.74) is 7.04. The van der Waals surface area contributed by atoms with Gasteiger partial charge in [0.15, 0.2) is 0 Å². The quantitative estimate of drug-likeness (QED) is 0.853. The Balaban J connectivity index is 1.89. The number of piperidine rings is 1. The van der Waals surface area contributed by atoms with Crippen LogP contribution in [0.5, 0.6) is 0 Å². The standard InChI is InChI=1S/C21H23F3N2O/c1-14(25)16-5-4-12-26(13-16)20(27)19-7-3-2-6-18(19)15-8-10-17(11-9-15)21(22,23)24/h2-3,6-11,14,16H,4-5,12-13,25H2,1H3. The minimum atomic E-state index is -4.38. The number of benzene rings is 2. The number of hydrogen-bond acceptors (Lipinski definition) is 2. The molecule has 1 fully saturated rings. The van der Waals surface area contributed by atoms with E-state index in [1.54, 1.807) is 29.2 Å². The Hall–Kier alpha value is -2.34. The topological polar surface area (TPSA) is 46.3 Å². The van der Waals surface area contributed by atoms with Crippen LogP contribution >= 0.6 is 0 Å². The number of nitrogens with two attached hydrogens (primary N) is 1. The molecule has 3 rings (SSSR count). The number of nitrogens with zero attached hydrogens (tertiary/aromatic N) is 1. The Labute approximate surface area is 157 Å². The molecule has 0 bridgehead atoms. The predicted octanol–water partition coefficient (Wildman–Crippen LogP) is 4.57. The Bertz CT molecular complexity index is 800. The van der Waals surface area contributed by atoms with Crippen LogP contribution in [0, 0.1) is 5.92 Å². The maximum atomic E-state index is 13.1. The summed E-state index contributed by atoms with van der Waals surface area (Å²) in [7, 11) is 0. The van der Waals surface area contributed by atoms with E-state index in [-0.39, 0.29) is 17.9 Å². The van der Waals surface area contributed by atoms with E-state index < -0.39 is 11.7 Å². The number of hydrogen-bond donors (Lipinski definition) is 1. The molecule has 6 heteroatoms. The summed E-state index contributed by atoms with van der Waals surface area (Å²) in [6.07, 6.45) is -2.47. The molecule has 1 saturated heterocycles. The maximum Gasteiger partial charge on any atom is 0.416 e. The number of halogens is 3. The molecule has 2 aromatic carbocycles. The first kappa shape index (κ1) is 19.4. The van der Waals surface area contributed by atoms with Crippen molar-refractivity contribution in [2.75, 3.05) is 13.1 Å². The van der Waals surface area contributed by atoms with Gasteiger partial charge >= 0.3 is 6.18 Å². The van der Waals surface area contributed by atoms with Gasteiger partial charge in [-0.25, -0.2) is 0 Å². The average molecular weight is 376 g/mol. The lowest BCUT2D eigenvalue weighted by Gasteiger charge is -2.35. The number of alkyl halides is 3. The number of carbonyl (C=O) groups is 1. The van der Waals surface area contributed by atoms with Crippen LogP contribution in [-0.4, -0.2) is 29.9 Å². The van der Waals surface area contributed by atoms with Gasteiger partial charge in [-0.2, -0.15) is 13.2 Å². The SMILES string of the molecule is CC(N)C1CCCN(C(=O)c2ccccc2-c2ccc(C(F)(F)F)cc2)C1. The molecule has 2 unspecified atom stereocenters. The highest BCUT2D eigenvalue weighted by molar-refractivity contribution is 6.01. The molecular weight excluding hydrogens is 353 g/mol. The predicted molar refractivity (Wildman–Crippen MR) is 99.2 cm³/mol. The Morgan fingerprint density at radius 1 is 1.15 bits per heavy atom. The van der Waals surface area contributed by atoms with Crippen molar-refractivity contribution in [2.24, 2.45) is 11.7 Å². The molecule has 2 aromatic rings. The minimum Gasteiger partial charge on any atom is -0.338 e. The van der Waals surface area contributed by atoms with E-state index >= 15 is 0 Å². The molecular formula is C21H23F3N2O. The van der Waals surface area contributed by atoms with E-state index in [1.165, 1.54) is 12.1 Å². The van der Waals surface area contributed by atoms with E-state index in [9.17, 15) is 18.0 Å². The zero-order chi connectivity index (χ0) is 19.6. The van der Waals surface area contributed by atoms with Gasteiger partial charge in [0.25, 0.3) is 5.91 Å². The molecule has 3 nitrogen and oxygen atoms in total. The van der Waals surface area contributed by atoms with E-state index in [1.807, 2.05) is 6.92 Å². The van der Waals surface area contributed by atoms with Crippen LogP contribution in [-0.2, 0) is 6.18 Å². The Morgan fingerprint density at radius 2 is 1.81 bits per heavy atom. The van der Waals surface area contributed by atoms with Gasteiger partial charge in [-0.15, -0.1) is 0 Å². The molecule has 2 N–H and O–H groups in total. The van der Waals surface area contributed by atoms with Crippen molar-refractivity contribution in [3.63, 3.8) is 0 Å². The molecule has 1 aliphatic heterocycles. The first-order chi connectivity index (χ1) is 12.8. The summed E-state index contributed by atoms with van der Waals surface area (Å²) >= 11 is 0. The summed E-state index contributed by atoms with van der Waals surface area (Å²) in [6, 6.07) is 12.0. The van der Waals surface area contributed by atoms with Gasteiger partial charge in [0, 0.05) is 24.7 Å². The summed E-state index contributed by atoms with van der Waals surface area (Å²) in [5.74, 6) is 0.164. The van der Waals surface area contributed by atoms with Gasteiger partial charge in [0.2, 0.25) is 0 Å². The zero-order valence-electron chi connectivity index (χ0n) is 15.2. The maximum absolute atomic E-state index is 13.1. The molecule has 0 radical (unpaired) electrons. The summed E-state index contributed by atoms with van der Waals surface area (Å²) < 4.78 is 38.4. The lowest BCUT2D eigenvalue weighted by molar-refractivity contribution is -0.137. The second kappa shape index (κ2) is 7.72. The summed E-state index contributed by atoms with van der Waals surface area (Å²) in [4.78, 5) is 14.9. The second-order valence-corrected chi connectivity index (χ2v) is 7.13. The molecule has 0 saturated carbocycles. The number of rotatable bonds is 3. The Kier molecular flexibility index (Phi) is 5.56. The van der Waals surface area contributed by atoms with E-state index in [2.05, 4.69) is 0 Å². The van der Waals surface area contributed by atoms with Crippen LogP contribution in [0.3, 0.4) is 0 Å². The van der Waals surface area contributed by atoms with E-state index in [0.29, 0.717) is 29.8 Å². The number of carbonyl (C=O) groups excluding carboxylic acids is 1. The first-order valence-corrected chi connectivity index (χ1v) is 9.09. The van der Waals surface area contributed by atoms with Crippen LogP contribution in [0.15, 0.2) is 48.5 Å². The number of likely N-dealkylation sites (tertiary alicyclic amines) is 1. The average Bonchev–Trinajstić information content (AvgIpc) is 2.67. The molecule has 27 heavy (non-hydrogen) atoms. The summed E-state index contributed by atoms with van der Waals surface area (Å²) in [5, 5.41) is 0. The molecule has 1 heterocycles. The minimum absolute atomic E-state index is 0.0192. The van der Waals surface area contributed by atoms with Gasteiger partial charge in [-0.1, -0.05) is 30.3 Å². The molecule has 1 aliphatic rings. The van der Waals surface area contributed by atoms with Gasteiger partial charge < -0.3 is 10.6 Å². The first-order valence-electron chi connectivity index (χ1n) is 9.09. The zero-order valence-corrected chi connectivity index (χ0v) is 15.2. The van der Waals surface area contributed by atoms with Crippen LogP contribution in [0.4, 0.5) is 13.2 Å². The van der Waals surface area contributed by atoms with Crippen LogP contribution in [0.2, 0.25) is 0 Å². The molecule has 0 aromatic heterocycles. The lowest BCUT2D eigenvalue weighted by atomic mass is 9.91. The molecule has 1 amide bonds.